The molecule has 0 unspecified atom stereocenters. The molecule has 0 saturated carbocycles. The highest BCUT2D eigenvalue weighted by Gasteiger charge is 2.15. The van der Waals surface area contributed by atoms with E-state index >= 15 is 0 Å². The Kier molecular flexibility index (Phi) is 7.11. The molecule has 0 aliphatic heterocycles. The summed E-state index contributed by atoms with van der Waals surface area (Å²) in [5, 5.41) is 11.9. The zero-order valence-electron chi connectivity index (χ0n) is 12.6. The molecule has 2 N–H and O–H groups in total. The second-order valence-electron chi connectivity index (χ2n) is 5.30. The van der Waals surface area contributed by atoms with Gasteiger partial charge in [-0.1, -0.05) is 0 Å². The Morgan fingerprint density at radius 2 is 2.10 bits per heavy atom. The van der Waals surface area contributed by atoms with E-state index in [0.29, 0.717) is 18.3 Å². The first-order valence-electron chi connectivity index (χ1n) is 7.00. The van der Waals surface area contributed by atoms with E-state index in [1.807, 2.05) is 0 Å². The summed E-state index contributed by atoms with van der Waals surface area (Å²) in [5.74, 6) is -1.71. The summed E-state index contributed by atoms with van der Waals surface area (Å²) in [6.07, 6.45) is 1.95. The molecule has 1 rings (SSSR count). The van der Waals surface area contributed by atoms with Gasteiger partial charge in [-0.05, 0) is 68.3 Å². The van der Waals surface area contributed by atoms with Gasteiger partial charge in [0.2, 0.25) is 0 Å². The van der Waals surface area contributed by atoms with Crippen molar-refractivity contribution in [3.05, 3.63) is 28.0 Å². The van der Waals surface area contributed by atoms with Crippen LogP contribution in [0.5, 0.6) is 0 Å². The molecule has 0 heterocycles. The third kappa shape index (κ3) is 5.28. The molecule has 0 aromatic heterocycles. The van der Waals surface area contributed by atoms with Crippen molar-refractivity contribution < 1.29 is 14.3 Å². The van der Waals surface area contributed by atoms with E-state index in [9.17, 15) is 9.18 Å². The van der Waals surface area contributed by atoms with Crippen LogP contribution in [-0.4, -0.2) is 42.2 Å². The van der Waals surface area contributed by atoms with Gasteiger partial charge in [0.1, 0.15) is 0 Å². The summed E-state index contributed by atoms with van der Waals surface area (Å²) in [4.78, 5) is 13.1. The van der Waals surface area contributed by atoms with Crippen LogP contribution < -0.4 is 5.32 Å². The number of carboxylic acid groups (broad SMARTS) is 1. The first kappa shape index (κ1) is 17.9. The molecule has 0 bridgehead atoms. The monoisotopic (exact) mass is 360 g/mol. The SMILES string of the molecule is CC(C)N(C)CCCCNc1ccc(C(=O)O)c(Br)c1F. The second kappa shape index (κ2) is 8.34. The Labute approximate surface area is 133 Å². The normalized spacial score (nSPS) is 11.2. The zero-order chi connectivity index (χ0) is 16.0. The number of nitrogens with zero attached hydrogens (tertiary/aromatic N) is 1. The van der Waals surface area contributed by atoms with Gasteiger partial charge in [-0.25, -0.2) is 9.18 Å². The molecule has 0 atom stereocenters. The Hall–Kier alpha value is -1.14. The van der Waals surface area contributed by atoms with E-state index in [1.165, 1.54) is 12.1 Å². The summed E-state index contributed by atoms with van der Waals surface area (Å²) in [7, 11) is 2.08. The molecule has 118 valence electrons. The summed E-state index contributed by atoms with van der Waals surface area (Å²) in [5.41, 5.74) is 0.251. The van der Waals surface area contributed by atoms with Crippen molar-refractivity contribution in [2.75, 3.05) is 25.5 Å². The lowest BCUT2D eigenvalue weighted by atomic mass is 10.2. The fraction of sp³-hybridized carbons (Fsp3) is 0.533. The van der Waals surface area contributed by atoms with Crippen molar-refractivity contribution in [3.63, 3.8) is 0 Å². The molecule has 0 amide bonds. The van der Waals surface area contributed by atoms with Crippen LogP contribution in [0.4, 0.5) is 10.1 Å². The average molecular weight is 361 g/mol. The summed E-state index contributed by atoms with van der Waals surface area (Å²) < 4.78 is 14.0. The smallest absolute Gasteiger partial charge is 0.336 e. The predicted octanol–water partition coefficient (Wildman–Crippen LogP) is 3.82. The van der Waals surface area contributed by atoms with Crippen molar-refractivity contribution in [1.29, 1.82) is 0 Å². The fourth-order valence-electron chi connectivity index (χ4n) is 1.82. The highest BCUT2D eigenvalue weighted by molar-refractivity contribution is 9.10. The number of hydrogen-bond donors (Lipinski definition) is 2. The Balaban J connectivity index is 2.46. The topological polar surface area (TPSA) is 52.6 Å². The lowest BCUT2D eigenvalue weighted by molar-refractivity contribution is 0.0695. The third-order valence-corrected chi connectivity index (χ3v) is 4.22. The molecule has 1 aromatic carbocycles. The number of halogens is 2. The van der Waals surface area contributed by atoms with Crippen molar-refractivity contribution >= 4 is 27.6 Å². The van der Waals surface area contributed by atoms with Gasteiger partial charge in [-0.15, -0.1) is 0 Å². The molecule has 0 saturated heterocycles. The van der Waals surface area contributed by atoms with E-state index < -0.39 is 11.8 Å². The largest absolute Gasteiger partial charge is 0.478 e. The third-order valence-electron chi connectivity index (χ3n) is 3.45. The minimum Gasteiger partial charge on any atom is -0.478 e. The van der Waals surface area contributed by atoms with Gasteiger partial charge in [-0.3, -0.25) is 0 Å². The Bertz CT molecular complexity index is 495. The van der Waals surface area contributed by atoms with Crippen LogP contribution in [0.2, 0.25) is 0 Å². The number of nitrogens with one attached hydrogen (secondary N) is 1. The van der Waals surface area contributed by atoms with Crippen LogP contribution in [-0.2, 0) is 0 Å². The van der Waals surface area contributed by atoms with Crippen LogP contribution in [0.15, 0.2) is 16.6 Å². The van der Waals surface area contributed by atoms with Crippen LogP contribution >= 0.6 is 15.9 Å². The summed E-state index contributed by atoms with van der Waals surface area (Å²) >= 11 is 2.99. The first-order valence-corrected chi connectivity index (χ1v) is 7.79. The van der Waals surface area contributed by atoms with E-state index in [-0.39, 0.29) is 10.0 Å². The van der Waals surface area contributed by atoms with Crippen molar-refractivity contribution in [3.8, 4) is 0 Å². The van der Waals surface area contributed by atoms with Crippen LogP contribution in [0.1, 0.15) is 37.0 Å². The number of hydrogen-bond acceptors (Lipinski definition) is 3. The lowest BCUT2D eigenvalue weighted by Crippen LogP contribution is -2.27. The van der Waals surface area contributed by atoms with Gasteiger partial charge in [0.25, 0.3) is 0 Å². The number of unbranched alkanes of at least 4 members (excludes halogenated alkanes) is 1. The molecule has 21 heavy (non-hydrogen) atoms. The summed E-state index contributed by atoms with van der Waals surface area (Å²) in [6.45, 7) is 5.95. The number of rotatable bonds is 8. The highest BCUT2D eigenvalue weighted by atomic mass is 79.9. The minimum absolute atomic E-state index is 0.0143. The number of anilines is 1. The molecule has 4 nitrogen and oxygen atoms in total. The Morgan fingerprint density at radius 3 is 2.67 bits per heavy atom. The molecule has 0 fully saturated rings. The average Bonchev–Trinajstić information content (AvgIpc) is 2.42. The fourth-order valence-corrected chi connectivity index (χ4v) is 2.33. The van der Waals surface area contributed by atoms with Gasteiger partial charge in [0, 0.05) is 12.6 Å². The molecule has 0 aliphatic carbocycles. The number of benzene rings is 1. The van der Waals surface area contributed by atoms with Gasteiger partial charge in [0.15, 0.2) is 5.82 Å². The molecular formula is C15H22BrFN2O2. The van der Waals surface area contributed by atoms with E-state index in [2.05, 4.69) is 47.0 Å². The van der Waals surface area contributed by atoms with Gasteiger partial charge in [0.05, 0.1) is 15.7 Å². The molecule has 6 heteroatoms. The van der Waals surface area contributed by atoms with Crippen molar-refractivity contribution in [2.24, 2.45) is 0 Å². The minimum atomic E-state index is -1.15. The zero-order valence-corrected chi connectivity index (χ0v) is 14.2. The number of carboxylic acids is 1. The Morgan fingerprint density at radius 1 is 1.43 bits per heavy atom. The molecular weight excluding hydrogens is 339 g/mol. The van der Waals surface area contributed by atoms with Gasteiger partial charge in [-0.2, -0.15) is 0 Å². The molecule has 1 aromatic rings. The van der Waals surface area contributed by atoms with Gasteiger partial charge < -0.3 is 15.3 Å². The summed E-state index contributed by atoms with van der Waals surface area (Å²) in [6, 6.07) is 3.38. The van der Waals surface area contributed by atoms with E-state index in [1.54, 1.807) is 0 Å². The maximum Gasteiger partial charge on any atom is 0.336 e. The number of aromatic carboxylic acids is 1. The van der Waals surface area contributed by atoms with Crippen molar-refractivity contribution in [1.82, 2.24) is 4.90 Å². The molecule has 0 radical (unpaired) electrons. The van der Waals surface area contributed by atoms with Crippen LogP contribution in [0, 0.1) is 5.82 Å². The van der Waals surface area contributed by atoms with E-state index in [0.717, 1.165) is 19.4 Å². The van der Waals surface area contributed by atoms with E-state index in [4.69, 9.17) is 5.11 Å². The molecule has 0 aliphatic rings. The van der Waals surface area contributed by atoms with Crippen molar-refractivity contribution in [2.45, 2.75) is 32.7 Å². The van der Waals surface area contributed by atoms with Crippen LogP contribution in [0.25, 0.3) is 0 Å². The number of carbonyl (C=O) groups is 1. The van der Waals surface area contributed by atoms with Crippen LogP contribution in [0.3, 0.4) is 0 Å². The van der Waals surface area contributed by atoms with Gasteiger partial charge >= 0.3 is 5.97 Å². The first-order chi connectivity index (χ1) is 9.84. The maximum atomic E-state index is 14.0. The highest BCUT2D eigenvalue weighted by Crippen LogP contribution is 2.27. The second-order valence-corrected chi connectivity index (χ2v) is 6.10. The standard InChI is InChI=1S/C15H22BrFN2O2/c1-10(2)19(3)9-5-4-8-18-12-7-6-11(15(20)21)13(16)14(12)17/h6-7,10,18H,4-5,8-9H2,1-3H3,(H,20,21). The maximum absolute atomic E-state index is 14.0. The quantitative estimate of drug-likeness (QED) is 0.692. The predicted molar refractivity (Wildman–Crippen MR) is 86.5 cm³/mol. The molecule has 0 spiro atoms. The lowest BCUT2D eigenvalue weighted by Gasteiger charge is -2.20.